The summed E-state index contributed by atoms with van der Waals surface area (Å²) in [7, 11) is 2.35. The van der Waals surface area contributed by atoms with Crippen molar-refractivity contribution in [3.8, 4) is 0 Å². The average molecular weight is 264 g/mol. The van der Waals surface area contributed by atoms with Crippen molar-refractivity contribution in [2.75, 3.05) is 20.1 Å². The van der Waals surface area contributed by atoms with E-state index in [0.29, 0.717) is 6.04 Å². The number of rotatable bonds is 5. The number of hydrogen-bond acceptors (Lipinski definition) is 2. The van der Waals surface area contributed by atoms with Crippen LogP contribution in [-0.4, -0.2) is 31.1 Å². The fraction of sp³-hybridized carbons (Fsp3) is 1.00. The fourth-order valence-electron chi connectivity index (χ4n) is 5.36. The van der Waals surface area contributed by atoms with Gasteiger partial charge in [-0.3, -0.25) is 0 Å². The SMILES string of the molecule is CN(CC1CC2CCC1C2)C(CN)C1CCCCC1. The molecule has 2 N–H and O–H groups in total. The molecule has 4 atom stereocenters. The highest BCUT2D eigenvalue weighted by Crippen LogP contribution is 2.48. The number of fused-ring (bicyclic) bond motifs is 2. The van der Waals surface area contributed by atoms with Crippen LogP contribution in [0.25, 0.3) is 0 Å². The summed E-state index contributed by atoms with van der Waals surface area (Å²) in [5, 5.41) is 0. The summed E-state index contributed by atoms with van der Waals surface area (Å²) in [6, 6.07) is 0.652. The van der Waals surface area contributed by atoms with E-state index >= 15 is 0 Å². The van der Waals surface area contributed by atoms with Gasteiger partial charge in [0.1, 0.15) is 0 Å². The first-order valence-electron chi connectivity index (χ1n) is 8.68. The lowest BCUT2D eigenvalue weighted by Crippen LogP contribution is -2.46. The van der Waals surface area contributed by atoms with Gasteiger partial charge in [0.2, 0.25) is 0 Å². The Labute approximate surface area is 119 Å². The molecule has 0 radical (unpaired) electrons. The maximum Gasteiger partial charge on any atom is 0.0243 e. The minimum Gasteiger partial charge on any atom is -0.329 e. The molecule has 0 aromatic heterocycles. The van der Waals surface area contributed by atoms with Crippen LogP contribution in [0.5, 0.6) is 0 Å². The van der Waals surface area contributed by atoms with E-state index in [4.69, 9.17) is 5.73 Å². The molecule has 2 nitrogen and oxygen atoms in total. The zero-order chi connectivity index (χ0) is 13.2. The van der Waals surface area contributed by atoms with E-state index in [2.05, 4.69) is 11.9 Å². The first kappa shape index (κ1) is 13.9. The van der Waals surface area contributed by atoms with Crippen molar-refractivity contribution in [3.63, 3.8) is 0 Å². The summed E-state index contributed by atoms with van der Waals surface area (Å²) in [5.74, 6) is 4.00. The Balaban J connectivity index is 1.53. The third-order valence-electron chi connectivity index (χ3n) is 6.41. The van der Waals surface area contributed by atoms with E-state index in [1.54, 1.807) is 0 Å². The summed E-state index contributed by atoms with van der Waals surface area (Å²) < 4.78 is 0. The van der Waals surface area contributed by atoms with Crippen LogP contribution in [0.4, 0.5) is 0 Å². The molecule has 110 valence electrons. The van der Waals surface area contributed by atoms with Crippen molar-refractivity contribution in [1.29, 1.82) is 0 Å². The maximum atomic E-state index is 6.11. The van der Waals surface area contributed by atoms with E-state index in [-0.39, 0.29) is 0 Å². The Morgan fingerprint density at radius 1 is 1.05 bits per heavy atom. The number of hydrogen-bond donors (Lipinski definition) is 1. The summed E-state index contributed by atoms with van der Waals surface area (Å²) in [4.78, 5) is 2.64. The smallest absolute Gasteiger partial charge is 0.0243 e. The van der Waals surface area contributed by atoms with E-state index in [1.807, 2.05) is 0 Å². The van der Waals surface area contributed by atoms with Gasteiger partial charge in [-0.05, 0) is 62.8 Å². The van der Waals surface area contributed by atoms with E-state index in [0.717, 1.165) is 30.2 Å². The molecule has 0 aromatic carbocycles. The number of nitrogens with zero attached hydrogens (tertiary/aromatic N) is 1. The van der Waals surface area contributed by atoms with Gasteiger partial charge in [0.25, 0.3) is 0 Å². The minimum atomic E-state index is 0.652. The molecule has 19 heavy (non-hydrogen) atoms. The predicted octanol–water partition coefficient (Wildman–Crippen LogP) is 3.26. The second kappa shape index (κ2) is 6.13. The van der Waals surface area contributed by atoms with E-state index in [1.165, 1.54) is 64.3 Å². The van der Waals surface area contributed by atoms with Gasteiger partial charge < -0.3 is 10.6 Å². The first-order chi connectivity index (χ1) is 9.28. The lowest BCUT2D eigenvalue weighted by Gasteiger charge is -2.38. The lowest BCUT2D eigenvalue weighted by atomic mass is 9.82. The second-order valence-corrected chi connectivity index (χ2v) is 7.58. The summed E-state index contributed by atoms with van der Waals surface area (Å²) in [6.45, 7) is 2.18. The second-order valence-electron chi connectivity index (χ2n) is 7.58. The normalized spacial score (nSPS) is 37.1. The predicted molar refractivity (Wildman–Crippen MR) is 81.0 cm³/mol. The highest BCUT2D eigenvalue weighted by atomic mass is 15.1. The standard InChI is InChI=1S/C17H32N2/c1-19(12-16-10-13-7-8-15(16)9-13)17(11-18)14-5-3-2-4-6-14/h13-17H,2-12,18H2,1H3. The van der Waals surface area contributed by atoms with Crippen molar-refractivity contribution in [2.45, 2.75) is 63.8 Å². The number of nitrogens with two attached hydrogens (primary N) is 1. The van der Waals surface area contributed by atoms with E-state index in [9.17, 15) is 0 Å². The Morgan fingerprint density at radius 2 is 1.84 bits per heavy atom. The molecule has 3 aliphatic rings. The van der Waals surface area contributed by atoms with Crippen LogP contribution in [0.1, 0.15) is 57.8 Å². The van der Waals surface area contributed by atoms with Crippen molar-refractivity contribution < 1.29 is 0 Å². The molecule has 3 fully saturated rings. The lowest BCUT2D eigenvalue weighted by molar-refractivity contribution is 0.116. The summed E-state index contributed by atoms with van der Waals surface area (Å²) in [5.41, 5.74) is 6.11. The van der Waals surface area contributed by atoms with Crippen LogP contribution < -0.4 is 5.73 Å². The highest BCUT2D eigenvalue weighted by molar-refractivity contribution is 4.92. The van der Waals surface area contributed by atoms with Crippen LogP contribution >= 0.6 is 0 Å². The van der Waals surface area contributed by atoms with Crippen molar-refractivity contribution in [2.24, 2.45) is 29.4 Å². The van der Waals surface area contributed by atoms with Gasteiger partial charge >= 0.3 is 0 Å². The van der Waals surface area contributed by atoms with Gasteiger partial charge in [0.05, 0.1) is 0 Å². The monoisotopic (exact) mass is 264 g/mol. The molecule has 0 saturated heterocycles. The Bertz CT molecular complexity index is 285. The van der Waals surface area contributed by atoms with Crippen molar-refractivity contribution in [1.82, 2.24) is 4.90 Å². The number of likely N-dealkylation sites (N-methyl/N-ethyl adjacent to an activating group) is 1. The third kappa shape index (κ3) is 3.00. The first-order valence-corrected chi connectivity index (χ1v) is 8.68. The molecule has 0 amide bonds. The molecule has 0 spiro atoms. The Hall–Kier alpha value is -0.0800. The van der Waals surface area contributed by atoms with Gasteiger partial charge in [-0.25, -0.2) is 0 Å². The highest BCUT2D eigenvalue weighted by Gasteiger charge is 2.40. The Kier molecular flexibility index (Phi) is 4.48. The maximum absolute atomic E-state index is 6.11. The van der Waals surface area contributed by atoms with Crippen molar-refractivity contribution in [3.05, 3.63) is 0 Å². The van der Waals surface area contributed by atoms with Gasteiger partial charge in [-0.1, -0.05) is 25.7 Å². The quantitative estimate of drug-likeness (QED) is 0.826. The van der Waals surface area contributed by atoms with Gasteiger partial charge in [-0.2, -0.15) is 0 Å². The fourth-order valence-corrected chi connectivity index (χ4v) is 5.36. The average Bonchev–Trinajstić information content (AvgIpc) is 3.03. The largest absolute Gasteiger partial charge is 0.329 e. The van der Waals surface area contributed by atoms with Gasteiger partial charge in [0.15, 0.2) is 0 Å². The molecule has 0 aromatic rings. The van der Waals surface area contributed by atoms with Crippen molar-refractivity contribution >= 4 is 0 Å². The topological polar surface area (TPSA) is 29.3 Å². The molecule has 3 rings (SSSR count). The molecule has 3 saturated carbocycles. The molecular formula is C17H32N2. The zero-order valence-electron chi connectivity index (χ0n) is 12.7. The van der Waals surface area contributed by atoms with Crippen LogP contribution in [0, 0.1) is 23.7 Å². The molecular weight excluding hydrogens is 232 g/mol. The minimum absolute atomic E-state index is 0.652. The molecule has 0 heterocycles. The van der Waals surface area contributed by atoms with Crippen LogP contribution in [0.3, 0.4) is 0 Å². The van der Waals surface area contributed by atoms with Crippen LogP contribution in [0.15, 0.2) is 0 Å². The summed E-state index contributed by atoms with van der Waals surface area (Å²) >= 11 is 0. The molecule has 4 unspecified atom stereocenters. The zero-order valence-corrected chi connectivity index (χ0v) is 12.7. The molecule has 2 heteroatoms. The molecule has 3 aliphatic carbocycles. The molecule has 0 aliphatic heterocycles. The molecule has 2 bridgehead atoms. The summed E-state index contributed by atoms with van der Waals surface area (Å²) in [6.07, 6.45) is 13.2. The van der Waals surface area contributed by atoms with Crippen LogP contribution in [-0.2, 0) is 0 Å². The van der Waals surface area contributed by atoms with Gasteiger partial charge in [-0.15, -0.1) is 0 Å². The third-order valence-corrected chi connectivity index (χ3v) is 6.41. The van der Waals surface area contributed by atoms with Gasteiger partial charge in [0, 0.05) is 19.1 Å². The Morgan fingerprint density at radius 3 is 2.42 bits per heavy atom. The van der Waals surface area contributed by atoms with Crippen LogP contribution in [0.2, 0.25) is 0 Å². The van der Waals surface area contributed by atoms with E-state index < -0.39 is 0 Å².